The van der Waals surface area contributed by atoms with Gasteiger partial charge in [0.15, 0.2) is 5.82 Å². The zero-order valence-corrected chi connectivity index (χ0v) is 7.51. The molecule has 4 nitrogen and oxygen atoms in total. The van der Waals surface area contributed by atoms with Crippen LogP contribution in [0.1, 0.15) is 30.5 Å². The Kier molecular flexibility index (Phi) is 3.05. The van der Waals surface area contributed by atoms with Gasteiger partial charge in [-0.1, -0.05) is 5.16 Å². The molecule has 1 saturated carbocycles. The predicted molar refractivity (Wildman–Crippen MR) is 46.3 cm³/mol. The van der Waals surface area contributed by atoms with Crippen LogP contribution in [0.5, 0.6) is 0 Å². The number of rotatable bonds is 3. The van der Waals surface area contributed by atoms with Crippen molar-refractivity contribution < 1.29 is 4.52 Å². The quantitative estimate of drug-likeness (QED) is 0.767. The van der Waals surface area contributed by atoms with Gasteiger partial charge in [-0.2, -0.15) is 4.98 Å². The molecule has 68 valence electrons. The lowest BCUT2D eigenvalue weighted by atomic mass is 10.4. The van der Waals surface area contributed by atoms with Crippen molar-refractivity contribution in [2.75, 3.05) is 6.54 Å². The summed E-state index contributed by atoms with van der Waals surface area (Å²) in [5, 5.41) is 3.86. The van der Waals surface area contributed by atoms with E-state index in [0.29, 0.717) is 24.8 Å². The van der Waals surface area contributed by atoms with Gasteiger partial charge in [-0.3, -0.25) is 0 Å². The van der Waals surface area contributed by atoms with Crippen LogP contribution in [0.15, 0.2) is 4.52 Å². The molecule has 0 amide bonds. The van der Waals surface area contributed by atoms with Gasteiger partial charge in [-0.25, -0.2) is 0 Å². The molecule has 1 aromatic rings. The summed E-state index contributed by atoms with van der Waals surface area (Å²) in [7, 11) is 0. The zero-order chi connectivity index (χ0) is 7.68. The maximum absolute atomic E-state index is 5.33. The van der Waals surface area contributed by atoms with Gasteiger partial charge in [-0.05, 0) is 12.8 Å². The summed E-state index contributed by atoms with van der Waals surface area (Å²) in [6.07, 6.45) is 3.11. The maximum Gasteiger partial charge on any atom is 0.227 e. The summed E-state index contributed by atoms with van der Waals surface area (Å²) < 4.78 is 4.97. The third-order valence-corrected chi connectivity index (χ3v) is 1.78. The lowest BCUT2D eigenvalue weighted by molar-refractivity contribution is 0.374. The molecule has 0 spiro atoms. The maximum atomic E-state index is 5.33. The first kappa shape index (κ1) is 9.48. The fraction of sp³-hybridized carbons (Fsp3) is 0.714. The van der Waals surface area contributed by atoms with E-state index in [9.17, 15) is 0 Å². The number of hydrogen-bond acceptors (Lipinski definition) is 4. The topological polar surface area (TPSA) is 64.9 Å². The molecule has 1 aliphatic rings. The molecule has 2 N–H and O–H groups in total. The van der Waals surface area contributed by atoms with Gasteiger partial charge in [0.05, 0.1) is 0 Å². The molecule has 0 atom stereocenters. The van der Waals surface area contributed by atoms with Gasteiger partial charge in [0.2, 0.25) is 5.89 Å². The van der Waals surface area contributed by atoms with Gasteiger partial charge in [0.25, 0.3) is 0 Å². The third-order valence-electron chi connectivity index (χ3n) is 1.78. The highest BCUT2D eigenvalue weighted by Crippen LogP contribution is 2.37. The second kappa shape index (κ2) is 3.87. The molecule has 0 bridgehead atoms. The largest absolute Gasteiger partial charge is 0.339 e. The van der Waals surface area contributed by atoms with E-state index < -0.39 is 0 Å². The van der Waals surface area contributed by atoms with Gasteiger partial charge in [-0.15, -0.1) is 12.4 Å². The van der Waals surface area contributed by atoms with Crippen molar-refractivity contribution in [3.05, 3.63) is 11.7 Å². The fourth-order valence-electron chi connectivity index (χ4n) is 1.00. The van der Waals surface area contributed by atoms with Crippen LogP contribution in [0.3, 0.4) is 0 Å². The Morgan fingerprint density at radius 2 is 2.25 bits per heavy atom. The Bertz CT molecular complexity index is 247. The van der Waals surface area contributed by atoms with Crippen molar-refractivity contribution in [2.24, 2.45) is 5.73 Å². The van der Waals surface area contributed by atoms with E-state index >= 15 is 0 Å². The molecule has 0 radical (unpaired) electrons. The Labute approximate surface area is 76.9 Å². The van der Waals surface area contributed by atoms with Crippen molar-refractivity contribution in [1.29, 1.82) is 0 Å². The van der Waals surface area contributed by atoms with E-state index in [0.717, 1.165) is 5.82 Å². The van der Waals surface area contributed by atoms with E-state index in [4.69, 9.17) is 10.3 Å². The summed E-state index contributed by atoms with van der Waals surface area (Å²) in [4.78, 5) is 4.20. The highest BCUT2D eigenvalue weighted by atomic mass is 35.5. The van der Waals surface area contributed by atoms with Crippen molar-refractivity contribution in [2.45, 2.75) is 25.2 Å². The molecular formula is C7H12ClN3O. The Balaban J connectivity index is 0.000000720. The van der Waals surface area contributed by atoms with Crippen LogP contribution in [-0.2, 0) is 6.42 Å². The first-order valence-electron chi connectivity index (χ1n) is 3.92. The molecule has 0 aromatic carbocycles. The molecule has 1 aromatic heterocycles. The van der Waals surface area contributed by atoms with E-state index in [-0.39, 0.29) is 12.4 Å². The average molecular weight is 190 g/mol. The standard InChI is InChI=1S/C7H11N3O.ClH/c8-4-3-6-9-7(10-11-6)5-1-2-5;/h5H,1-4,8H2;1H. The van der Waals surface area contributed by atoms with E-state index in [1.807, 2.05) is 0 Å². The zero-order valence-electron chi connectivity index (χ0n) is 6.69. The number of aromatic nitrogens is 2. The lowest BCUT2D eigenvalue weighted by Gasteiger charge is -1.83. The molecule has 1 fully saturated rings. The average Bonchev–Trinajstić information content (AvgIpc) is 2.75. The first-order valence-corrected chi connectivity index (χ1v) is 3.92. The van der Waals surface area contributed by atoms with Crippen molar-refractivity contribution in [1.82, 2.24) is 10.1 Å². The summed E-state index contributed by atoms with van der Waals surface area (Å²) in [6, 6.07) is 0. The fourth-order valence-corrected chi connectivity index (χ4v) is 1.00. The van der Waals surface area contributed by atoms with Crippen molar-refractivity contribution in [3.8, 4) is 0 Å². The number of hydrogen-bond donors (Lipinski definition) is 1. The minimum absolute atomic E-state index is 0. The van der Waals surface area contributed by atoms with Crippen molar-refractivity contribution >= 4 is 12.4 Å². The Morgan fingerprint density at radius 1 is 1.50 bits per heavy atom. The van der Waals surface area contributed by atoms with Gasteiger partial charge in [0, 0.05) is 18.9 Å². The van der Waals surface area contributed by atoms with Crippen molar-refractivity contribution in [3.63, 3.8) is 0 Å². The molecule has 12 heavy (non-hydrogen) atoms. The van der Waals surface area contributed by atoms with Crippen LogP contribution < -0.4 is 5.73 Å². The van der Waals surface area contributed by atoms with E-state index in [1.54, 1.807) is 0 Å². The number of nitrogens with zero attached hydrogens (tertiary/aromatic N) is 2. The van der Waals surface area contributed by atoms with E-state index in [1.165, 1.54) is 12.8 Å². The van der Waals surface area contributed by atoms with Crippen LogP contribution >= 0.6 is 12.4 Å². The van der Waals surface area contributed by atoms with Gasteiger partial charge in [0.1, 0.15) is 0 Å². The highest BCUT2D eigenvalue weighted by molar-refractivity contribution is 5.85. The summed E-state index contributed by atoms with van der Waals surface area (Å²) in [5.74, 6) is 2.12. The molecule has 5 heteroatoms. The molecule has 0 saturated heterocycles. The second-order valence-electron chi connectivity index (χ2n) is 2.86. The molecule has 2 rings (SSSR count). The minimum Gasteiger partial charge on any atom is -0.339 e. The molecule has 1 heterocycles. The minimum atomic E-state index is 0. The van der Waals surface area contributed by atoms with Crippen LogP contribution in [0, 0.1) is 0 Å². The van der Waals surface area contributed by atoms with Crippen LogP contribution in [0.4, 0.5) is 0 Å². The van der Waals surface area contributed by atoms with E-state index in [2.05, 4.69) is 10.1 Å². The predicted octanol–water partition coefficient (Wildman–Crippen LogP) is 0.870. The highest BCUT2D eigenvalue weighted by Gasteiger charge is 2.28. The van der Waals surface area contributed by atoms with Gasteiger partial charge < -0.3 is 10.3 Å². The summed E-state index contributed by atoms with van der Waals surface area (Å²) in [6.45, 7) is 0.576. The van der Waals surface area contributed by atoms with Crippen LogP contribution in [-0.4, -0.2) is 16.7 Å². The van der Waals surface area contributed by atoms with Crippen LogP contribution in [0.25, 0.3) is 0 Å². The summed E-state index contributed by atoms with van der Waals surface area (Å²) in [5.41, 5.74) is 5.33. The Hall–Kier alpha value is -0.610. The third kappa shape index (κ3) is 1.95. The monoisotopic (exact) mass is 189 g/mol. The molecule has 1 aliphatic carbocycles. The smallest absolute Gasteiger partial charge is 0.227 e. The first-order chi connectivity index (χ1) is 5.40. The molecular weight excluding hydrogens is 178 g/mol. The lowest BCUT2D eigenvalue weighted by Crippen LogP contribution is -2.02. The normalized spacial score (nSPS) is 15.8. The summed E-state index contributed by atoms with van der Waals surface area (Å²) >= 11 is 0. The van der Waals surface area contributed by atoms with Crippen LogP contribution in [0.2, 0.25) is 0 Å². The van der Waals surface area contributed by atoms with Gasteiger partial charge >= 0.3 is 0 Å². The SMILES string of the molecule is Cl.NCCc1nc(C2CC2)no1. The second-order valence-corrected chi connectivity index (χ2v) is 2.86. The molecule has 0 aliphatic heterocycles. The molecule has 0 unspecified atom stereocenters. The Morgan fingerprint density at radius 3 is 2.83 bits per heavy atom. The number of nitrogens with two attached hydrogens (primary N) is 1. The number of halogens is 1.